The standard InChI is InChI=1S/C6H9NO.C5H7NO2.CH4O.Cl2OS.ClH/c1-3-4-6(7)5(2)8;1-2-3-4(6)5(7)8;1-2;1-4(2)3;/h1,6H,4,7H2,2H3;1,4H,3,6H2,(H,7,8);2H,1H3;;1H/t6-;4-;;;/m11.../s1. The van der Waals surface area contributed by atoms with Crippen molar-refractivity contribution in [2.75, 3.05) is 7.11 Å². The normalized spacial score (nSPS) is 10.2. The van der Waals surface area contributed by atoms with E-state index in [-0.39, 0.29) is 24.6 Å². The number of carboxylic acid groups (broad SMARTS) is 1. The molecule has 0 rings (SSSR count). The molecule has 0 aromatic rings. The lowest BCUT2D eigenvalue weighted by molar-refractivity contribution is -0.138. The quantitative estimate of drug-likeness (QED) is 0.387. The van der Waals surface area contributed by atoms with Crippen molar-refractivity contribution in [1.29, 1.82) is 0 Å². The van der Waals surface area contributed by atoms with E-state index in [4.69, 9.17) is 38.7 Å². The number of carbonyl (C=O) groups excluding carboxylic acids is 1. The molecule has 0 aliphatic rings. The van der Waals surface area contributed by atoms with Crippen molar-refractivity contribution in [2.24, 2.45) is 11.5 Å². The summed E-state index contributed by atoms with van der Waals surface area (Å²) < 4.78 is 9.09. The van der Waals surface area contributed by atoms with E-state index >= 15 is 0 Å². The van der Waals surface area contributed by atoms with Gasteiger partial charge in [-0.05, 0) is 6.92 Å². The zero-order chi connectivity index (χ0) is 18.7. The van der Waals surface area contributed by atoms with Gasteiger partial charge in [0.05, 0.1) is 6.04 Å². The summed E-state index contributed by atoms with van der Waals surface area (Å²) in [6, 6.07) is -1.36. The highest BCUT2D eigenvalue weighted by molar-refractivity contribution is 8.26. The molecule has 136 valence electrons. The Morgan fingerprint density at radius 2 is 1.39 bits per heavy atom. The Hall–Kier alpha value is -0.840. The van der Waals surface area contributed by atoms with Crippen LogP contribution in [0.3, 0.4) is 0 Å². The Balaban J connectivity index is -0.0000000683. The van der Waals surface area contributed by atoms with Gasteiger partial charge in [-0.2, -0.15) is 0 Å². The van der Waals surface area contributed by atoms with E-state index in [0.29, 0.717) is 6.42 Å². The Morgan fingerprint density at radius 1 is 1.13 bits per heavy atom. The van der Waals surface area contributed by atoms with Gasteiger partial charge in [0.25, 0.3) is 0 Å². The molecule has 0 unspecified atom stereocenters. The molecular weight excluding hydrogens is 391 g/mol. The van der Waals surface area contributed by atoms with Crippen LogP contribution < -0.4 is 11.5 Å². The molecule has 23 heavy (non-hydrogen) atoms. The molecule has 0 spiro atoms. The van der Waals surface area contributed by atoms with Gasteiger partial charge < -0.3 is 21.7 Å². The van der Waals surface area contributed by atoms with E-state index in [1.54, 1.807) is 0 Å². The summed E-state index contributed by atoms with van der Waals surface area (Å²) in [5, 5.41) is 15.1. The van der Waals surface area contributed by atoms with E-state index in [1.165, 1.54) is 6.92 Å². The Labute approximate surface area is 154 Å². The van der Waals surface area contributed by atoms with Crippen molar-refractivity contribution in [3.63, 3.8) is 0 Å². The average molecular weight is 412 g/mol. The van der Waals surface area contributed by atoms with Gasteiger partial charge in [-0.3, -0.25) is 9.59 Å². The molecule has 0 aliphatic carbocycles. The maximum absolute atomic E-state index is 10.3. The second kappa shape index (κ2) is 26.1. The van der Waals surface area contributed by atoms with Crippen LogP contribution in [0.2, 0.25) is 0 Å². The minimum Gasteiger partial charge on any atom is -0.480 e. The van der Waals surface area contributed by atoms with Gasteiger partial charge in [0, 0.05) is 41.3 Å². The van der Waals surface area contributed by atoms with Crippen molar-refractivity contribution in [2.45, 2.75) is 31.8 Å². The van der Waals surface area contributed by atoms with Crippen molar-refractivity contribution in [1.82, 2.24) is 0 Å². The van der Waals surface area contributed by atoms with Gasteiger partial charge in [0.2, 0.25) is 9.23 Å². The largest absolute Gasteiger partial charge is 0.480 e. The predicted octanol–water partition coefficient (Wildman–Crippen LogP) is 0.421. The second-order valence-electron chi connectivity index (χ2n) is 3.16. The summed E-state index contributed by atoms with van der Waals surface area (Å²) in [5.41, 5.74) is 10.2. The molecule has 0 saturated carbocycles. The van der Waals surface area contributed by atoms with Crippen molar-refractivity contribution in [3.8, 4) is 24.7 Å². The monoisotopic (exact) mass is 410 g/mol. The SMILES string of the molecule is C#CC[C@@H](N)C(=O)O.C#CC[C@@H](N)C(C)=O.CO.Cl.O=S(Cl)Cl. The zero-order valence-electron chi connectivity index (χ0n) is 12.6. The Morgan fingerprint density at radius 3 is 1.48 bits per heavy atom. The van der Waals surface area contributed by atoms with Gasteiger partial charge in [-0.15, -0.1) is 37.1 Å². The third kappa shape index (κ3) is 44.9. The molecule has 7 nitrogen and oxygen atoms in total. The van der Waals surface area contributed by atoms with Crippen molar-refractivity contribution >= 4 is 54.8 Å². The fraction of sp³-hybridized carbons (Fsp3) is 0.500. The molecule has 0 radical (unpaired) electrons. The first-order chi connectivity index (χ1) is 10.1. The number of rotatable bonds is 4. The molecule has 0 heterocycles. The van der Waals surface area contributed by atoms with Crippen molar-refractivity contribution < 1.29 is 24.0 Å². The lowest BCUT2D eigenvalue weighted by atomic mass is 10.2. The number of nitrogens with two attached hydrogens (primary N) is 2. The molecule has 0 bridgehead atoms. The number of carboxylic acids is 1. The van der Waals surface area contributed by atoms with Crippen LogP contribution in [0.25, 0.3) is 0 Å². The number of carbonyl (C=O) groups is 2. The number of ketones is 1. The summed E-state index contributed by atoms with van der Waals surface area (Å²) in [6.07, 6.45) is 10.1. The topological polar surface area (TPSA) is 144 Å². The van der Waals surface area contributed by atoms with Crippen LogP contribution in [-0.4, -0.2) is 45.4 Å². The Kier molecular flexibility index (Phi) is 38.2. The predicted molar refractivity (Wildman–Crippen MR) is 96.4 cm³/mol. The number of terminal acetylenes is 2. The van der Waals surface area contributed by atoms with Gasteiger partial charge in [0.1, 0.15) is 11.8 Å². The second-order valence-corrected chi connectivity index (χ2v) is 5.69. The first-order valence-electron chi connectivity index (χ1n) is 5.40. The number of Topliss-reactive ketones (excluding diaryl/α,β-unsaturated/α-hetero) is 1. The highest BCUT2D eigenvalue weighted by Crippen LogP contribution is 1.89. The average Bonchev–Trinajstić information content (AvgIpc) is 2.41. The van der Waals surface area contributed by atoms with E-state index in [9.17, 15) is 9.59 Å². The van der Waals surface area contributed by atoms with Crippen LogP contribution in [0, 0.1) is 24.7 Å². The first-order valence-corrected chi connectivity index (χ1v) is 8.20. The lowest BCUT2D eigenvalue weighted by Gasteiger charge is -1.98. The molecule has 0 aromatic heterocycles. The fourth-order valence-electron chi connectivity index (χ4n) is 0.485. The summed E-state index contributed by atoms with van der Waals surface area (Å²) in [4.78, 5) is 20.2. The van der Waals surface area contributed by atoms with Crippen LogP contribution >= 0.6 is 33.8 Å². The molecule has 6 N–H and O–H groups in total. The minimum absolute atomic E-state index is 0. The molecule has 0 saturated heterocycles. The first kappa shape index (κ1) is 33.7. The number of hydrogen-bond donors (Lipinski definition) is 4. The molecule has 0 fully saturated rings. The third-order valence-electron chi connectivity index (χ3n) is 1.51. The molecule has 0 amide bonds. The highest BCUT2D eigenvalue weighted by Gasteiger charge is 2.07. The number of halogens is 3. The van der Waals surface area contributed by atoms with Crippen molar-refractivity contribution in [3.05, 3.63) is 0 Å². The van der Waals surface area contributed by atoms with E-state index in [2.05, 4.69) is 33.2 Å². The van der Waals surface area contributed by atoms with Gasteiger partial charge in [0.15, 0.2) is 0 Å². The highest BCUT2D eigenvalue weighted by atomic mass is 36.0. The number of aliphatic carboxylic acids is 1. The van der Waals surface area contributed by atoms with Crippen LogP contribution in [-0.2, 0) is 18.8 Å². The molecule has 11 heteroatoms. The fourth-order valence-corrected chi connectivity index (χ4v) is 0.485. The maximum Gasteiger partial charge on any atom is 0.321 e. The smallest absolute Gasteiger partial charge is 0.321 e. The van der Waals surface area contributed by atoms with Gasteiger partial charge in [-0.25, -0.2) is 4.21 Å². The summed E-state index contributed by atoms with van der Waals surface area (Å²) >= 11 is 0. The summed E-state index contributed by atoms with van der Waals surface area (Å²) in [5.74, 6) is 3.34. The van der Waals surface area contributed by atoms with Crippen LogP contribution in [0.4, 0.5) is 0 Å². The van der Waals surface area contributed by atoms with E-state index < -0.39 is 27.3 Å². The number of hydrogen-bond acceptors (Lipinski definition) is 6. The summed E-state index contributed by atoms with van der Waals surface area (Å²) in [7, 11) is 8.36. The maximum atomic E-state index is 10.3. The van der Waals surface area contributed by atoms with Crippen LogP contribution in [0.15, 0.2) is 0 Å². The van der Waals surface area contributed by atoms with Crippen LogP contribution in [0.1, 0.15) is 19.8 Å². The van der Waals surface area contributed by atoms with E-state index in [1.807, 2.05) is 0 Å². The van der Waals surface area contributed by atoms with Crippen LogP contribution in [0.5, 0.6) is 0 Å². The number of aliphatic hydroxyl groups excluding tert-OH is 1. The molecule has 0 aromatic carbocycles. The minimum atomic E-state index is -1.67. The lowest BCUT2D eigenvalue weighted by Crippen LogP contribution is -2.29. The third-order valence-corrected chi connectivity index (χ3v) is 1.51. The van der Waals surface area contributed by atoms with Gasteiger partial charge >= 0.3 is 5.97 Å². The Bertz CT molecular complexity index is 374. The van der Waals surface area contributed by atoms with E-state index in [0.717, 1.165) is 7.11 Å². The number of aliphatic hydroxyl groups is 1. The molecule has 2 atom stereocenters. The molecule has 0 aliphatic heterocycles. The molecular formula is C12H21Cl3N2O5S. The summed E-state index contributed by atoms with van der Waals surface area (Å²) in [6.45, 7) is 1.43. The zero-order valence-corrected chi connectivity index (χ0v) is 15.7. The van der Waals surface area contributed by atoms with Gasteiger partial charge in [-0.1, -0.05) is 0 Å².